The Morgan fingerprint density at radius 1 is 1.36 bits per heavy atom. The van der Waals surface area contributed by atoms with E-state index < -0.39 is 24.8 Å². The van der Waals surface area contributed by atoms with Gasteiger partial charge in [0.15, 0.2) is 6.10 Å². The normalized spacial score (nSPS) is 13.0. The average molecular weight is 314 g/mol. The van der Waals surface area contributed by atoms with Gasteiger partial charge in [-0.15, -0.1) is 0 Å². The summed E-state index contributed by atoms with van der Waals surface area (Å²) in [4.78, 5) is 11.7. The second kappa shape index (κ2) is 6.18. The van der Waals surface area contributed by atoms with Crippen molar-refractivity contribution in [1.82, 2.24) is 9.78 Å². The van der Waals surface area contributed by atoms with Crippen molar-refractivity contribution < 1.29 is 27.8 Å². The molecule has 0 aliphatic carbocycles. The van der Waals surface area contributed by atoms with Gasteiger partial charge in [0.1, 0.15) is 5.69 Å². The maximum Gasteiger partial charge on any atom is 0.416 e. The number of rotatable bonds is 4. The van der Waals surface area contributed by atoms with Crippen molar-refractivity contribution in [2.75, 3.05) is 7.11 Å². The molecule has 0 saturated heterocycles. The van der Waals surface area contributed by atoms with E-state index >= 15 is 0 Å². The van der Waals surface area contributed by atoms with E-state index in [1.807, 2.05) is 0 Å². The predicted octanol–water partition coefficient (Wildman–Crippen LogP) is 2.26. The number of methoxy groups -OCH3 is 1. The first-order valence-electron chi connectivity index (χ1n) is 6.29. The molecule has 0 amide bonds. The molecule has 1 N–H and O–H groups in total. The second-order valence-corrected chi connectivity index (χ2v) is 4.51. The summed E-state index contributed by atoms with van der Waals surface area (Å²) in [6, 6.07) is 9.97. The van der Waals surface area contributed by atoms with Crippen molar-refractivity contribution in [3.05, 3.63) is 42.1 Å². The highest BCUT2D eigenvalue weighted by Crippen LogP contribution is 2.24. The smallest absolute Gasteiger partial charge is 0.416 e. The number of aliphatic hydroxyl groups excluding tert-OH is 1. The Morgan fingerprint density at radius 3 is 2.55 bits per heavy atom. The molecule has 0 radical (unpaired) electrons. The molecular weight excluding hydrogens is 301 g/mol. The van der Waals surface area contributed by atoms with Gasteiger partial charge in [0.25, 0.3) is 0 Å². The number of benzene rings is 1. The molecule has 22 heavy (non-hydrogen) atoms. The summed E-state index contributed by atoms with van der Waals surface area (Å²) in [5.74, 6) is -0.830. The van der Waals surface area contributed by atoms with Crippen LogP contribution in [0.3, 0.4) is 0 Å². The Kier molecular flexibility index (Phi) is 4.51. The van der Waals surface area contributed by atoms with Crippen molar-refractivity contribution in [3.63, 3.8) is 0 Å². The molecule has 1 aromatic carbocycles. The average Bonchev–Trinajstić information content (AvgIpc) is 2.90. The van der Waals surface area contributed by atoms with Gasteiger partial charge in [-0.1, -0.05) is 30.3 Å². The highest BCUT2D eigenvalue weighted by Gasteiger charge is 2.39. The van der Waals surface area contributed by atoms with Crippen LogP contribution in [0.4, 0.5) is 13.2 Å². The second-order valence-electron chi connectivity index (χ2n) is 4.51. The lowest BCUT2D eigenvalue weighted by atomic mass is 10.1. The maximum absolute atomic E-state index is 12.5. The molecule has 1 heterocycles. The summed E-state index contributed by atoms with van der Waals surface area (Å²) in [6.45, 7) is -0.888. The SMILES string of the molecule is COC(=O)c1cc(-c2ccccc2)nn1C[C@@H](O)C(F)(F)F. The van der Waals surface area contributed by atoms with Crippen LogP contribution in [0.1, 0.15) is 10.5 Å². The third-order valence-electron chi connectivity index (χ3n) is 2.97. The molecule has 5 nitrogen and oxygen atoms in total. The third-order valence-corrected chi connectivity index (χ3v) is 2.97. The van der Waals surface area contributed by atoms with E-state index in [1.165, 1.54) is 6.07 Å². The van der Waals surface area contributed by atoms with Gasteiger partial charge in [0.05, 0.1) is 19.3 Å². The number of halogens is 3. The van der Waals surface area contributed by atoms with E-state index in [0.29, 0.717) is 11.3 Å². The Bertz CT molecular complexity index is 653. The molecule has 2 aromatic rings. The molecule has 0 aliphatic heterocycles. The lowest BCUT2D eigenvalue weighted by molar-refractivity contribution is -0.208. The molecule has 0 aliphatic rings. The molecule has 118 valence electrons. The highest BCUT2D eigenvalue weighted by atomic mass is 19.4. The van der Waals surface area contributed by atoms with Crippen molar-refractivity contribution in [1.29, 1.82) is 0 Å². The van der Waals surface area contributed by atoms with Gasteiger partial charge in [-0.2, -0.15) is 18.3 Å². The van der Waals surface area contributed by atoms with Gasteiger partial charge in [-0.25, -0.2) is 4.79 Å². The van der Waals surface area contributed by atoms with Gasteiger partial charge in [0, 0.05) is 5.56 Å². The van der Waals surface area contributed by atoms with Crippen LogP contribution < -0.4 is 0 Å². The Labute approximate surface area is 123 Å². The minimum absolute atomic E-state index is 0.162. The fourth-order valence-corrected chi connectivity index (χ4v) is 1.84. The number of aliphatic hydroxyl groups is 1. The largest absolute Gasteiger partial charge is 0.464 e. The van der Waals surface area contributed by atoms with E-state index in [1.54, 1.807) is 30.3 Å². The van der Waals surface area contributed by atoms with Crippen molar-refractivity contribution in [2.45, 2.75) is 18.8 Å². The topological polar surface area (TPSA) is 64.3 Å². The number of hydrogen-bond donors (Lipinski definition) is 1. The molecular formula is C14H13F3N2O3. The number of carbonyl (C=O) groups excluding carboxylic acids is 1. The van der Waals surface area contributed by atoms with Gasteiger partial charge in [-0.3, -0.25) is 4.68 Å². The predicted molar refractivity (Wildman–Crippen MR) is 71.1 cm³/mol. The Balaban J connectivity index is 2.39. The van der Waals surface area contributed by atoms with Crippen LogP contribution in [-0.2, 0) is 11.3 Å². The first kappa shape index (κ1) is 16.0. The van der Waals surface area contributed by atoms with E-state index in [2.05, 4.69) is 9.84 Å². The van der Waals surface area contributed by atoms with Gasteiger partial charge < -0.3 is 9.84 Å². The number of aromatic nitrogens is 2. The molecule has 1 aromatic heterocycles. The molecule has 2 rings (SSSR count). The summed E-state index contributed by atoms with van der Waals surface area (Å²) < 4.78 is 42.7. The van der Waals surface area contributed by atoms with Crippen LogP contribution in [-0.4, -0.2) is 40.2 Å². The van der Waals surface area contributed by atoms with Crippen LogP contribution in [0, 0.1) is 0 Å². The first-order chi connectivity index (χ1) is 10.3. The van der Waals surface area contributed by atoms with Crippen LogP contribution in [0.5, 0.6) is 0 Å². The molecule has 0 spiro atoms. The zero-order valence-electron chi connectivity index (χ0n) is 11.5. The summed E-state index contributed by atoms with van der Waals surface area (Å²) in [6.07, 6.45) is -7.42. The fraction of sp³-hybridized carbons (Fsp3) is 0.286. The van der Waals surface area contributed by atoms with Crippen LogP contribution in [0.25, 0.3) is 11.3 Å². The van der Waals surface area contributed by atoms with E-state index in [-0.39, 0.29) is 5.69 Å². The maximum atomic E-state index is 12.5. The summed E-state index contributed by atoms with van der Waals surface area (Å²) in [5, 5.41) is 13.1. The van der Waals surface area contributed by atoms with E-state index in [0.717, 1.165) is 11.8 Å². The van der Waals surface area contributed by atoms with Crippen LogP contribution >= 0.6 is 0 Å². The minimum atomic E-state index is -4.80. The minimum Gasteiger partial charge on any atom is -0.464 e. The number of hydrogen-bond acceptors (Lipinski definition) is 4. The van der Waals surface area contributed by atoms with Crippen molar-refractivity contribution in [3.8, 4) is 11.3 Å². The molecule has 0 bridgehead atoms. The molecule has 8 heteroatoms. The van der Waals surface area contributed by atoms with Gasteiger partial charge in [0.2, 0.25) is 0 Å². The number of esters is 1. The van der Waals surface area contributed by atoms with Crippen molar-refractivity contribution in [2.24, 2.45) is 0 Å². The zero-order chi connectivity index (χ0) is 16.3. The summed E-state index contributed by atoms with van der Waals surface area (Å²) in [7, 11) is 1.11. The summed E-state index contributed by atoms with van der Waals surface area (Å²) >= 11 is 0. The molecule has 0 saturated carbocycles. The Hall–Kier alpha value is -2.35. The van der Waals surface area contributed by atoms with Crippen LogP contribution in [0.15, 0.2) is 36.4 Å². The standard InChI is InChI=1S/C14H13F3N2O3/c1-22-13(21)11-7-10(9-5-3-2-4-6-9)18-19(11)8-12(20)14(15,16)17/h2-7,12,20H,8H2,1H3/t12-/m1/s1. The lowest BCUT2D eigenvalue weighted by Crippen LogP contribution is -2.34. The fourth-order valence-electron chi connectivity index (χ4n) is 1.84. The quantitative estimate of drug-likeness (QED) is 0.879. The third kappa shape index (κ3) is 3.45. The number of nitrogens with zero attached hydrogens (tertiary/aromatic N) is 2. The van der Waals surface area contributed by atoms with E-state index in [4.69, 9.17) is 5.11 Å². The molecule has 0 unspecified atom stereocenters. The summed E-state index contributed by atoms with van der Waals surface area (Å²) in [5.41, 5.74) is 0.785. The van der Waals surface area contributed by atoms with Gasteiger partial charge in [-0.05, 0) is 6.07 Å². The monoisotopic (exact) mass is 314 g/mol. The van der Waals surface area contributed by atoms with E-state index in [9.17, 15) is 18.0 Å². The van der Waals surface area contributed by atoms with Crippen molar-refractivity contribution >= 4 is 5.97 Å². The molecule has 0 fully saturated rings. The number of alkyl halides is 3. The number of ether oxygens (including phenoxy) is 1. The van der Waals surface area contributed by atoms with Crippen LogP contribution in [0.2, 0.25) is 0 Å². The molecule has 1 atom stereocenters. The lowest BCUT2D eigenvalue weighted by Gasteiger charge is -2.15. The number of carbonyl (C=O) groups is 1. The Morgan fingerprint density at radius 2 is 2.00 bits per heavy atom. The first-order valence-corrected chi connectivity index (χ1v) is 6.29. The zero-order valence-corrected chi connectivity index (χ0v) is 11.5. The van der Waals surface area contributed by atoms with Gasteiger partial charge >= 0.3 is 12.1 Å². The highest BCUT2D eigenvalue weighted by molar-refractivity contribution is 5.89.